The lowest BCUT2D eigenvalue weighted by molar-refractivity contribution is -0.137. The van der Waals surface area contributed by atoms with Crippen LogP contribution in [0, 0.1) is 0 Å². The number of aromatic nitrogens is 1. The minimum Gasteiger partial charge on any atom is -0.493 e. The van der Waals surface area contributed by atoms with Gasteiger partial charge >= 0.3 is 6.18 Å². The summed E-state index contributed by atoms with van der Waals surface area (Å²) in [6, 6.07) is 22.5. The van der Waals surface area contributed by atoms with E-state index in [2.05, 4.69) is 10.3 Å². The van der Waals surface area contributed by atoms with E-state index in [1.54, 1.807) is 0 Å². The number of halogens is 3. The fourth-order valence-corrected chi connectivity index (χ4v) is 3.77. The highest BCUT2D eigenvalue weighted by atomic mass is 19.4. The summed E-state index contributed by atoms with van der Waals surface area (Å²) >= 11 is 0. The molecule has 34 heavy (non-hydrogen) atoms. The van der Waals surface area contributed by atoms with Crippen molar-refractivity contribution in [3.63, 3.8) is 0 Å². The Bertz CT molecular complexity index is 1160. The summed E-state index contributed by atoms with van der Waals surface area (Å²) < 4.78 is 50.5. The average molecular weight is 469 g/mol. The fourth-order valence-electron chi connectivity index (χ4n) is 3.77. The number of hydrogen-bond donors (Lipinski definition) is 2. The van der Waals surface area contributed by atoms with Gasteiger partial charge in [-0.15, -0.1) is 0 Å². The van der Waals surface area contributed by atoms with Crippen LogP contribution in [-0.4, -0.2) is 24.7 Å². The van der Waals surface area contributed by atoms with Crippen LogP contribution >= 0.6 is 0 Å². The van der Waals surface area contributed by atoms with Crippen LogP contribution < -0.4 is 14.8 Å². The maximum Gasteiger partial charge on any atom is 0.416 e. The zero-order valence-electron chi connectivity index (χ0n) is 18.6. The Labute approximate surface area is 196 Å². The molecule has 3 aromatic carbocycles. The van der Waals surface area contributed by atoms with E-state index in [-0.39, 0.29) is 6.10 Å². The van der Waals surface area contributed by atoms with Gasteiger partial charge in [-0.05, 0) is 67.5 Å². The number of aromatic amines is 1. The van der Waals surface area contributed by atoms with E-state index >= 15 is 0 Å². The molecule has 2 N–H and O–H groups in total. The molecule has 0 fully saturated rings. The maximum absolute atomic E-state index is 12.8. The van der Waals surface area contributed by atoms with E-state index in [9.17, 15) is 13.2 Å². The Balaban J connectivity index is 1.25. The molecule has 0 bridgehead atoms. The van der Waals surface area contributed by atoms with Crippen LogP contribution in [0.5, 0.6) is 11.5 Å². The molecule has 0 saturated carbocycles. The Kier molecular flexibility index (Phi) is 7.75. The van der Waals surface area contributed by atoms with Crippen LogP contribution in [0.25, 0.3) is 10.9 Å². The number of fused-ring (bicyclic) bond motifs is 1. The Morgan fingerprint density at radius 2 is 1.65 bits per heavy atom. The highest BCUT2D eigenvalue weighted by molar-refractivity contribution is 5.85. The van der Waals surface area contributed by atoms with Crippen molar-refractivity contribution in [2.24, 2.45) is 0 Å². The molecule has 7 heteroatoms. The molecule has 0 amide bonds. The van der Waals surface area contributed by atoms with Crippen molar-refractivity contribution >= 4 is 10.9 Å². The van der Waals surface area contributed by atoms with Crippen molar-refractivity contribution in [1.82, 2.24) is 10.3 Å². The molecule has 0 aliphatic heterocycles. The van der Waals surface area contributed by atoms with Crippen molar-refractivity contribution in [2.75, 3.05) is 19.7 Å². The Morgan fingerprint density at radius 1 is 0.853 bits per heavy atom. The van der Waals surface area contributed by atoms with Gasteiger partial charge < -0.3 is 19.8 Å². The number of benzene rings is 3. The smallest absolute Gasteiger partial charge is 0.416 e. The van der Waals surface area contributed by atoms with E-state index in [4.69, 9.17) is 9.47 Å². The minimum absolute atomic E-state index is 0.270. The second kappa shape index (κ2) is 11.1. The normalized spacial score (nSPS) is 12.6. The SMILES string of the molecule is FC(F)(F)c1ccc(O[C@@H](CCNCCCOc2cccc3[nH]ccc23)c2ccccc2)cc1. The lowest BCUT2D eigenvalue weighted by Gasteiger charge is -2.20. The molecule has 0 radical (unpaired) electrons. The molecule has 0 spiro atoms. The van der Waals surface area contributed by atoms with E-state index < -0.39 is 11.7 Å². The quantitative estimate of drug-likeness (QED) is 0.239. The first-order valence-corrected chi connectivity index (χ1v) is 11.3. The van der Waals surface area contributed by atoms with Gasteiger partial charge in [-0.3, -0.25) is 0 Å². The van der Waals surface area contributed by atoms with Gasteiger partial charge in [0.05, 0.1) is 12.2 Å². The highest BCUT2D eigenvalue weighted by Crippen LogP contribution is 2.32. The fraction of sp³-hybridized carbons (Fsp3) is 0.259. The summed E-state index contributed by atoms with van der Waals surface area (Å²) in [7, 11) is 0. The molecule has 4 aromatic rings. The molecule has 4 rings (SSSR count). The zero-order chi connectivity index (χ0) is 23.8. The lowest BCUT2D eigenvalue weighted by Crippen LogP contribution is -2.22. The van der Waals surface area contributed by atoms with Crippen LogP contribution in [0.15, 0.2) is 85.1 Å². The number of ether oxygens (including phenoxy) is 2. The van der Waals surface area contributed by atoms with Gasteiger partial charge in [-0.1, -0.05) is 36.4 Å². The molecule has 178 valence electrons. The monoisotopic (exact) mass is 468 g/mol. The van der Waals surface area contributed by atoms with Gasteiger partial charge in [-0.2, -0.15) is 13.2 Å². The third-order valence-corrected chi connectivity index (χ3v) is 5.53. The van der Waals surface area contributed by atoms with E-state index in [1.807, 2.05) is 60.8 Å². The third-order valence-electron chi connectivity index (χ3n) is 5.53. The van der Waals surface area contributed by atoms with E-state index in [1.165, 1.54) is 12.1 Å². The van der Waals surface area contributed by atoms with Crippen LogP contribution in [0.4, 0.5) is 13.2 Å². The van der Waals surface area contributed by atoms with Crippen LogP contribution in [0.1, 0.15) is 30.1 Å². The predicted octanol–water partition coefficient (Wildman–Crippen LogP) is 6.76. The van der Waals surface area contributed by atoms with Gasteiger partial charge in [0.25, 0.3) is 0 Å². The molecule has 4 nitrogen and oxygen atoms in total. The maximum atomic E-state index is 12.8. The first kappa shape index (κ1) is 23.7. The number of H-pyrrole nitrogens is 1. The minimum atomic E-state index is -4.36. The van der Waals surface area contributed by atoms with Crippen molar-refractivity contribution in [2.45, 2.75) is 25.1 Å². The van der Waals surface area contributed by atoms with Gasteiger partial charge in [0, 0.05) is 23.5 Å². The van der Waals surface area contributed by atoms with Gasteiger partial charge in [-0.25, -0.2) is 0 Å². The lowest BCUT2D eigenvalue weighted by atomic mass is 10.1. The van der Waals surface area contributed by atoms with Crippen molar-refractivity contribution in [3.8, 4) is 11.5 Å². The average Bonchev–Trinajstić information content (AvgIpc) is 3.33. The summed E-state index contributed by atoms with van der Waals surface area (Å²) in [5, 5.41) is 4.47. The van der Waals surface area contributed by atoms with Crippen molar-refractivity contribution < 1.29 is 22.6 Å². The van der Waals surface area contributed by atoms with Crippen molar-refractivity contribution in [1.29, 1.82) is 0 Å². The highest BCUT2D eigenvalue weighted by Gasteiger charge is 2.30. The summed E-state index contributed by atoms with van der Waals surface area (Å²) in [6.45, 7) is 2.08. The van der Waals surface area contributed by atoms with Gasteiger partial charge in [0.2, 0.25) is 0 Å². The topological polar surface area (TPSA) is 46.3 Å². The van der Waals surface area contributed by atoms with Gasteiger partial charge in [0.1, 0.15) is 17.6 Å². The Hall–Kier alpha value is -3.45. The number of hydrogen-bond acceptors (Lipinski definition) is 3. The Morgan fingerprint density at radius 3 is 2.41 bits per heavy atom. The van der Waals surface area contributed by atoms with E-state index in [0.717, 1.165) is 47.3 Å². The number of nitrogens with one attached hydrogen (secondary N) is 2. The molecule has 1 heterocycles. The summed E-state index contributed by atoms with van der Waals surface area (Å²) in [6.07, 6.45) is -1.22. The summed E-state index contributed by atoms with van der Waals surface area (Å²) in [4.78, 5) is 3.17. The first-order chi connectivity index (χ1) is 16.5. The summed E-state index contributed by atoms with van der Waals surface area (Å²) in [5.41, 5.74) is 1.34. The van der Waals surface area contributed by atoms with E-state index in [0.29, 0.717) is 25.3 Å². The molecule has 1 atom stereocenters. The first-order valence-electron chi connectivity index (χ1n) is 11.3. The van der Waals surface area contributed by atoms with Crippen molar-refractivity contribution in [3.05, 3.63) is 96.2 Å². The predicted molar refractivity (Wildman–Crippen MR) is 127 cm³/mol. The number of rotatable bonds is 11. The largest absolute Gasteiger partial charge is 0.493 e. The standard InChI is InChI=1S/C27H27F3N2O2/c28-27(29,30)21-10-12-22(13-11-21)34-25(20-6-2-1-3-7-20)15-17-31-16-5-19-33-26-9-4-8-24-23(26)14-18-32-24/h1-4,6-14,18,25,31-32H,5,15-17,19H2/t25-/m0/s1. The number of alkyl halides is 3. The molecule has 0 unspecified atom stereocenters. The molecule has 0 aliphatic carbocycles. The molecular formula is C27H27F3N2O2. The summed E-state index contributed by atoms with van der Waals surface area (Å²) in [5.74, 6) is 1.28. The van der Waals surface area contributed by atoms with Crippen LogP contribution in [-0.2, 0) is 6.18 Å². The second-order valence-corrected chi connectivity index (χ2v) is 7.98. The zero-order valence-corrected chi connectivity index (χ0v) is 18.6. The third kappa shape index (κ3) is 6.32. The van der Waals surface area contributed by atoms with Crippen LogP contribution in [0.2, 0.25) is 0 Å². The molecule has 0 saturated heterocycles. The van der Waals surface area contributed by atoms with Gasteiger partial charge in [0.15, 0.2) is 0 Å². The molecular weight excluding hydrogens is 441 g/mol. The molecule has 0 aliphatic rings. The molecule has 1 aromatic heterocycles. The second-order valence-electron chi connectivity index (χ2n) is 7.98. The van der Waals surface area contributed by atoms with Crippen LogP contribution in [0.3, 0.4) is 0 Å².